The molecule has 0 aliphatic heterocycles. The second-order valence-electron chi connectivity index (χ2n) is 8.68. The van der Waals surface area contributed by atoms with Crippen molar-refractivity contribution in [3.8, 4) is 0 Å². The number of aromatic nitrogens is 2. The molecule has 6 heteroatoms. The standard InChI is InChI=1S/C21H25ClFN3O/c1-21(2,3)26-19(13-7-8-13)11-18(24-26)20(27)25(14-9-10-14)12-15-16(22)5-4-6-17(15)23/h4-6,11,13-14H,7-10,12H2,1-3H3. The number of amides is 1. The topological polar surface area (TPSA) is 38.1 Å². The van der Waals surface area contributed by atoms with Crippen LogP contribution in [0.1, 0.15) is 74.1 Å². The molecule has 0 bridgehead atoms. The maximum absolute atomic E-state index is 14.3. The number of hydrogen-bond acceptors (Lipinski definition) is 2. The Morgan fingerprint density at radius 3 is 2.56 bits per heavy atom. The zero-order valence-corrected chi connectivity index (χ0v) is 16.8. The van der Waals surface area contributed by atoms with Crippen LogP contribution >= 0.6 is 11.6 Å². The number of halogens is 2. The van der Waals surface area contributed by atoms with E-state index >= 15 is 0 Å². The summed E-state index contributed by atoms with van der Waals surface area (Å²) in [6, 6.07) is 6.70. The van der Waals surface area contributed by atoms with Crippen LogP contribution in [0.15, 0.2) is 24.3 Å². The summed E-state index contributed by atoms with van der Waals surface area (Å²) in [6.45, 7) is 6.46. The molecule has 4 nitrogen and oxygen atoms in total. The van der Waals surface area contributed by atoms with Crippen molar-refractivity contribution >= 4 is 17.5 Å². The van der Waals surface area contributed by atoms with Gasteiger partial charge < -0.3 is 4.90 Å². The minimum absolute atomic E-state index is 0.136. The molecular weight excluding hydrogens is 365 g/mol. The number of carbonyl (C=O) groups excluding carboxylic acids is 1. The summed E-state index contributed by atoms with van der Waals surface area (Å²) in [5, 5.41) is 5.01. The lowest BCUT2D eigenvalue weighted by molar-refractivity contribution is 0.0720. The predicted molar refractivity (Wildman–Crippen MR) is 104 cm³/mol. The first-order valence-corrected chi connectivity index (χ1v) is 9.98. The van der Waals surface area contributed by atoms with Gasteiger partial charge in [-0.25, -0.2) is 4.39 Å². The summed E-state index contributed by atoms with van der Waals surface area (Å²) in [6.07, 6.45) is 4.17. The van der Waals surface area contributed by atoms with Gasteiger partial charge in [-0.2, -0.15) is 5.10 Å². The summed E-state index contributed by atoms with van der Waals surface area (Å²) >= 11 is 6.19. The molecule has 0 saturated heterocycles. The third kappa shape index (κ3) is 3.75. The highest BCUT2D eigenvalue weighted by Crippen LogP contribution is 2.42. The van der Waals surface area contributed by atoms with Crippen LogP contribution < -0.4 is 0 Å². The van der Waals surface area contributed by atoms with Crippen LogP contribution in [-0.4, -0.2) is 26.6 Å². The summed E-state index contributed by atoms with van der Waals surface area (Å²) in [5.74, 6) is -0.0183. The van der Waals surface area contributed by atoms with Crippen LogP contribution in [0.2, 0.25) is 5.02 Å². The fourth-order valence-electron chi connectivity index (χ4n) is 3.46. The smallest absolute Gasteiger partial charge is 0.274 e. The Bertz CT molecular complexity index is 858. The van der Waals surface area contributed by atoms with Gasteiger partial charge in [0.25, 0.3) is 5.91 Å². The molecule has 2 aliphatic carbocycles. The van der Waals surface area contributed by atoms with Crippen LogP contribution in [0.3, 0.4) is 0 Å². The van der Waals surface area contributed by atoms with E-state index < -0.39 is 0 Å². The minimum Gasteiger partial charge on any atom is -0.330 e. The van der Waals surface area contributed by atoms with Gasteiger partial charge >= 0.3 is 0 Å². The van der Waals surface area contributed by atoms with E-state index in [-0.39, 0.29) is 29.8 Å². The first-order valence-electron chi connectivity index (χ1n) is 9.60. The first-order chi connectivity index (χ1) is 12.8. The van der Waals surface area contributed by atoms with Crippen LogP contribution in [0.5, 0.6) is 0 Å². The van der Waals surface area contributed by atoms with Crippen LogP contribution in [-0.2, 0) is 12.1 Å². The van der Waals surface area contributed by atoms with E-state index in [0.29, 0.717) is 22.2 Å². The van der Waals surface area contributed by atoms with E-state index in [1.165, 1.54) is 6.07 Å². The molecule has 0 N–H and O–H groups in total. The second-order valence-corrected chi connectivity index (χ2v) is 9.08. The summed E-state index contributed by atoms with van der Waals surface area (Å²) < 4.78 is 16.2. The van der Waals surface area contributed by atoms with Gasteiger partial charge in [0.05, 0.1) is 12.1 Å². The first kappa shape index (κ1) is 18.5. The van der Waals surface area contributed by atoms with Crippen molar-refractivity contribution in [1.82, 2.24) is 14.7 Å². The SMILES string of the molecule is CC(C)(C)n1nc(C(=O)N(Cc2c(F)cccc2Cl)C2CC2)cc1C1CC1. The van der Waals surface area contributed by atoms with Crippen molar-refractivity contribution < 1.29 is 9.18 Å². The molecular formula is C21H25ClFN3O. The second kappa shape index (κ2) is 6.62. The van der Waals surface area contributed by atoms with Gasteiger partial charge in [-0.15, -0.1) is 0 Å². The highest BCUT2D eigenvalue weighted by Gasteiger charge is 2.37. The quantitative estimate of drug-likeness (QED) is 0.712. The lowest BCUT2D eigenvalue weighted by Gasteiger charge is -2.23. The third-order valence-corrected chi connectivity index (χ3v) is 5.58. The molecule has 0 radical (unpaired) electrons. The van der Waals surface area contributed by atoms with E-state index in [4.69, 9.17) is 11.6 Å². The molecule has 0 unspecified atom stereocenters. The molecule has 144 valence electrons. The maximum atomic E-state index is 14.3. The number of nitrogens with zero attached hydrogens (tertiary/aromatic N) is 3. The van der Waals surface area contributed by atoms with Gasteiger partial charge in [0, 0.05) is 28.2 Å². The summed E-state index contributed by atoms with van der Waals surface area (Å²) in [5.41, 5.74) is 1.77. The molecule has 0 atom stereocenters. The average molecular weight is 390 g/mol. The molecule has 1 heterocycles. The Morgan fingerprint density at radius 2 is 2.00 bits per heavy atom. The van der Waals surface area contributed by atoms with Gasteiger partial charge in [-0.3, -0.25) is 9.48 Å². The Morgan fingerprint density at radius 1 is 1.30 bits per heavy atom. The van der Waals surface area contributed by atoms with Crippen molar-refractivity contribution in [1.29, 1.82) is 0 Å². The molecule has 2 aliphatic rings. The molecule has 1 aromatic carbocycles. The fraction of sp³-hybridized carbons (Fsp3) is 0.524. The average Bonchev–Trinajstić information content (AvgIpc) is 3.52. The third-order valence-electron chi connectivity index (χ3n) is 5.23. The molecule has 27 heavy (non-hydrogen) atoms. The van der Waals surface area contributed by atoms with Crippen molar-refractivity contribution in [3.63, 3.8) is 0 Å². The van der Waals surface area contributed by atoms with Crippen molar-refractivity contribution in [3.05, 3.63) is 52.1 Å². The number of benzene rings is 1. The highest BCUT2D eigenvalue weighted by atomic mass is 35.5. The fourth-order valence-corrected chi connectivity index (χ4v) is 3.68. The van der Waals surface area contributed by atoms with Gasteiger partial charge in [0.1, 0.15) is 5.82 Å². The molecule has 2 aromatic rings. The van der Waals surface area contributed by atoms with E-state index in [9.17, 15) is 9.18 Å². The van der Waals surface area contributed by atoms with Gasteiger partial charge in [-0.1, -0.05) is 17.7 Å². The predicted octanol–water partition coefficient (Wildman–Crippen LogP) is 5.11. The van der Waals surface area contributed by atoms with Crippen LogP contribution in [0.25, 0.3) is 0 Å². The molecule has 0 spiro atoms. The lowest BCUT2D eigenvalue weighted by Crippen LogP contribution is -2.34. The van der Waals surface area contributed by atoms with Crippen molar-refractivity contribution in [2.75, 3.05) is 0 Å². The van der Waals surface area contributed by atoms with E-state index in [0.717, 1.165) is 31.4 Å². The van der Waals surface area contributed by atoms with Gasteiger partial charge in [0.15, 0.2) is 5.69 Å². The zero-order valence-electron chi connectivity index (χ0n) is 16.0. The van der Waals surface area contributed by atoms with E-state index in [1.807, 2.05) is 10.7 Å². The summed E-state index contributed by atoms with van der Waals surface area (Å²) in [4.78, 5) is 15.0. The monoisotopic (exact) mass is 389 g/mol. The van der Waals surface area contributed by atoms with Crippen molar-refractivity contribution in [2.45, 2.75) is 70.5 Å². The number of rotatable bonds is 5. The molecule has 1 aromatic heterocycles. The normalized spacial score (nSPS) is 17.2. The Kier molecular flexibility index (Phi) is 4.53. The molecule has 1 amide bonds. The molecule has 4 rings (SSSR count). The van der Waals surface area contributed by atoms with E-state index in [2.05, 4.69) is 25.9 Å². The highest BCUT2D eigenvalue weighted by molar-refractivity contribution is 6.31. The number of hydrogen-bond donors (Lipinski definition) is 0. The zero-order chi connectivity index (χ0) is 19.3. The lowest BCUT2D eigenvalue weighted by atomic mass is 10.1. The van der Waals surface area contributed by atoms with Gasteiger partial charge in [0.2, 0.25) is 0 Å². The van der Waals surface area contributed by atoms with Crippen molar-refractivity contribution in [2.24, 2.45) is 0 Å². The molecule has 2 fully saturated rings. The minimum atomic E-state index is -0.375. The maximum Gasteiger partial charge on any atom is 0.274 e. The Balaban J connectivity index is 1.65. The van der Waals surface area contributed by atoms with E-state index in [1.54, 1.807) is 17.0 Å². The largest absolute Gasteiger partial charge is 0.330 e. The Labute approximate surface area is 164 Å². The Hall–Kier alpha value is -1.88. The van der Waals surface area contributed by atoms with Crippen LogP contribution in [0, 0.1) is 5.82 Å². The van der Waals surface area contributed by atoms with Crippen LogP contribution in [0.4, 0.5) is 4.39 Å². The van der Waals surface area contributed by atoms with Gasteiger partial charge in [-0.05, 0) is 64.7 Å². The summed E-state index contributed by atoms with van der Waals surface area (Å²) in [7, 11) is 0. The number of carbonyl (C=O) groups is 1. The molecule has 2 saturated carbocycles.